The minimum absolute atomic E-state index is 0.0545. The lowest BCUT2D eigenvalue weighted by Crippen LogP contribution is -2.11. The Morgan fingerprint density at radius 1 is 1.08 bits per heavy atom. The van der Waals surface area contributed by atoms with Crippen molar-refractivity contribution >= 4 is 11.3 Å². The molecule has 1 aromatic heterocycles. The van der Waals surface area contributed by atoms with E-state index in [1.165, 1.54) is 4.88 Å². The molecule has 1 rings (SSSR count). The van der Waals surface area contributed by atoms with Crippen molar-refractivity contribution in [2.75, 3.05) is 0 Å². The first-order chi connectivity index (χ1) is 5.34. The molecular weight excluding hydrogens is 168 g/mol. The molecule has 0 amide bonds. The van der Waals surface area contributed by atoms with Gasteiger partial charge in [-0.15, -0.1) is 11.3 Å². The largest absolute Gasteiger partial charge is 0.506 e. The minimum Gasteiger partial charge on any atom is -0.506 e. The molecule has 0 aliphatic carbocycles. The maximum absolute atomic E-state index is 9.76. The summed E-state index contributed by atoms with van der Waals surface area (Å²) >= 11 is 1.67. The van der Waals surface area contributed by atoms with Crippen molar-refractivity contribution in [1.29, 1.82) is 0 Å². The van der Waals surface area contributed by atoms with Crippen LogP contribution in [-0.4, -0.2) is 5.11 Å². The summed E-state index contributed by atoms with van der Waals surface area (Å²) in [4.78, 5) is 2.26. The first kappa shape index (κ1) is 9.59. The van der Waals surface area contributed by atoms with Gasteiger partial charge >= 0.3 is 0 Å². The van der Waals surface area contributed by atoms with Crippen molar-refractivity contribution in [2.24, 2.45) is 0 Å². The van der Waals surface area contributed by atoms with Gasteiger partial charge in [-0.3, -0.25) is 0 Å². The van der Waals surface area contributed by atoms with Gasteiger partial charge < -0.3 is 5.11 Å². The third-order valence-corrected chi connectivity index (χ3v) is 2.99. The molecule has 0 aliphatic rings. The van der Waals surface area contributed by atoms with Crippen LogP contribution in [0, 0.1) is 13.8 Å². The molecular formula is C10H16OS. The van der Waals surface area contributed by atoms with E-state index in [1.54, 1.807) is 11.3 Å². The van der Waals surface area contributed by atoms with Gasteiger partial charge in [0.05, 0.1) is 0 Å². The van der Waals surface area contributed by atoms with E-state index >= 15 is 0 Å². The highest BCUT2D eigenvalue weighted by Gasteiger charge is 2.23. The van der Waals surface area contributed by atoms with Gasteiger partial charge in [0.2, 0.25) is 0 Å². The van der Waals surface area contributed by atoms with Crippen LogP contribution >= 0.6 is 11.3 Å². The molecule has 1 nitrogen and oxygen atoms in total. The van der Waals surface area contributed by atoms with Crippen LogP contribution in [0.4, 0.5) is 0 Å². The maximum Gasteiger partial charge on any atom is 0.133 e. The highest BCUT2D eigenvalue weighted by molar-refractivity contribution is 7.12. The number of hydrogen-bond acceptors (Lipinski definition) is 2. The number of aromatic hydroxyl groups is 1. The van der Waals surface area contributed by atoms with Crippen LogP contribution in [0.2, 0.25) is 0 Å². The monoisotopic (exact) mass is 184 g/mol. The van der Waals surface area contributed by atoms with Gasteiger partial charge in [0.15, 0.2) is 0 Å². The van der Waals surface area contributed by atoms with Gasteiger partial charge in [0.25, 0.3) is 0 Å². The first-order valence-electron chi connectivity index (χ1n) is 4.13. The molecule has 0 atom stereocenters. The lowest BCUT2D eigenvalue weighted by Gasteiger charge is -2.18. The molecule has 12 heavy (non-hydrogen) atoms. The summed E-state index contributed by atoms with van der Waals surface area (Å²) in [7, 11) is 0. The summed E-state index contributed by atoms with van der Waals surface area (Å²) in [6.07, 6.45) is 0. The predicted octanol–water partition coefficient (Wildman–Crippen LogP) is 3.37. The van der Waals surface area contributed by atoms with Crippen molar-refractivity contribution in [3.8, 4) is 5.75 Å². The highest BCUT2D eigenvalue weighted by atomic mass is 32.1. The lowest BCUT2D eigenvalue weighted by atomic mass is 9.86. The molecule has 0 saturated carbocycles. The van der Waals surface area contributed by atoms with E-state index in [9.17, 15) is 5.11 Å². The molecule has 0 bridgehead atoms. The summed E-state index contributed by atoms with van der Waals surface area (Å²) in [5, 5.41) is 9.76. The van der Waals surface area contributed by atoms with E-state index in [2.05, 4.69) is 27.7 Å². The smallest absolute Gasteiger partial charge is 0.133 e. The zero-order valence-electron chi connectivity index (χ0n) is 8.36. The van der Waals surface area contributed by atoms with E-state index in [0.717, 1.165) is 10.4 Å². The molecule has 2 heteroatoms. The summed E-state index contributed by atoms with van der Waals surface area (Å²) in [5.74, 6) is 0.491. The van der Waals surface area contributed by atoms with Crippen molar-refractivity contribution in [3.05, 3.63) is 15.3 Å². The van der Waals surface area contributed by atoms with Gasteiger partial charge in [0, 0.05) is 15.3 Å². The van der Waals surface area contributed by atoms with Crippen molar-refractivity contribution in [3.63, 3.8) is 0 Å². The summed E-state index contributed by atoms with van der Waals surface area (Å²) in [5.41, 5.74) is 1.16. The SMILES string of the molecule is Cc1sc(C)c(C(C)(C)C)c1O. The molecule has 0 fully saturated rings. The van der Waals surface area contributed by atoms with Crippen LogP contribution in [0.5, 0.6) is 5.75 Å². The van der Waals surface area contributed by atoms with E-state index < -0.39 is 0 Å². The van der Waals surface area contributed by atoms with Crippen LogP contribution in [-0.2, 0) is 5.41 Å². The molecule has 0 aliphatic heterocycles. The molecule has 1 heterocycles. The summed E-state index contributed by atoms with van der Waals surface area (Å²) in [6.45, 7) is 10.4. The second-order valence-corrected chi connectivity index (χ2v) is 5.62. The molecule has 0 aromatic carbocycles. The molecule has 0 radical (unpaired) electrons. The average Bonchev–Trinajstić information content (AvgIpc) is 2.05. The van der Waals surface area contributed by atoms with E-state index in [1.807, 2.05) is 6.92 Å². The summed E-state index contributed by atoms with van der Waals surface area (Å²) < 4.78 is 0. The molecule has 0 saturated heterocycles. The molecule has 1 N–H and O–H groups in total. The predicted molar refractivity (Wildman–Crippen MR) is 54.2 cm³/mol. The Kier molecular flexibility index (Phi) is 2.21. The topological polar surface area (TPSA) is 20.2 Å². The van der Waals surface area contributed by atoms with Gasteiger partial charge in [-0.25, -0.2) is 0 Å². The van der Waals surface area contributed by atoms with Gasteiger partial charge in [-0.05, 0) is 19.3 Å². The second kappa shape index (κ2) is 2.77. The molecule has 68 valence electrons. The number of rotatable bonds is 0. The normalized spacial score (nSPS) is 12.1. The average molecular weight is 184 g/mol. The third kappa shape index (κ3) is 1.48. The number of hydrogen-bond donors (Lipinski definition) is 1. The Bertz CT molecular complexity index is 292. The van der Waals surface area contributed by atoms with Gasteiger partial charge in [0.1, 0.15) is 5.75 Å². The molecule has 0 spiro atoms. The van der Waals surface area contributed by atoms with Crippen LogP contribution in [0.15, 0.2) is 0 Å². The quantitative estimate of drug-likeness (QED) is 0.655. The van der Waals surface area contributed by atoms with Gasteiger partial charge in [-0.1, -0.05) is 20.8 Å². The first-order valence-corrected chi connectivity index (χ1v) is 4.95. The fraction of sp³-hybridized carbons (Fsp3) is 0.600. The zero-order chi connectivity index (χ0) is 9.52. The minimum atomic E-state index is 0.0545. The molecule has 1 aromatic rings. The Morgan fingerprint density at radius 2 is 1.58 bits per heavy atom. The van der Waals surface area contributed by atoms with Crippen molar-refractivity contribution in [1.82, 2.24) is 0 Å². The Balaban J connectivity index is 3.32. The molecule has 0 unspecified atom stereocenters. The summed E-state index contributed by atoms with van der Waals surface area (Å²) in [6, 6.07) is 0. The van der Waals surface area contributed by atoms with E-state index in [0.29, 0.717) is 5.75 Å². The van der Waals surface area contributed by atoms with Crippen LogP contribution in [0.3, 0.4) is 0 Å². The lowest BCUT2D eigenvalue weighted by molar-refractivity contribution is 0.446. The Labute approximate surface area is 78.1 Å². The zero-order valence-corrected chi connectivity index (χ0v) is 9.17. The maximum atomic E-state index is 9.76. The van der Waals surface area contributed by atoms with Gasteiger partial charge in [-0.2, -0.15) is 0 Å². The fourth-order valence-electron chi connectivity index (χ4n) is 1.56. The highest BCUT2D eigenvalue weighted by Crippen LogP contribution is 2.40. The number of thiophene rings is 1. The standard InChI is InChI=1S/C10H16OS/c1-6-8(10(3,4)5)9(11)7(2)12-6/h11H,1-5H3. The third-order valence-electron chi connectivity index (χ3n) is 1.98. The Morgan fingerprint density at radius 3 is 1.75 bits per heavy atom. The second-order valence-electron chi connectivity index (χ2n) is 4.19. The van der Waals surface area contributed by atoms with Crippen LogP contribution < -0.4 is 0 Å². The van der Waals surface area contributed by atoms with Crippen LogP contribution in [0.25, 0.3) is 0 Å². The van der Waals surface area contributed by atoms with E-state index in [-0.39, 0.29) is 5.41 Å². The fourth-order valence-corrected chi connectivity index (χ4v) is 2.72. The van der Waals surface area contributed by atoms with Crippen molar-refractivity contribution in [2.45, 2.75) is 40.0 Å². The Hall–Kier alpha value is -0.500. The van der Waals surface area contributed by atoms with Crippen molar-refractivity contribution < 1.29 is 5.11 Å². The van der Waals surface area contributed by atoms with E-state index in [4.69, 9.17) is 0 Å². The van der Waals surface area contributed by atoms with Crippen LogP contribution in [0.1, 0.15) is 36.1 Å². The number of aryl methyl sites for hydroxylation is 2.